The molecule has 2 atom stereocenters. The number of rotatable bonds is 4. The lowest BCUT2D eigenvalue weighted by atomic mass is 9.83. The molecule has 14 heavy (non-hydrogen) atoms. The zero-order valence-corrected chi connectivity index (χ0v) is 9.65. The molecule has 0 saturated heterocycles. The van der Waals surface area contributed by atoms with Crippen LogP contribution >= 0.6 is 11.6 Å². The van der Waals surface area contributed by atoms with Crippen LogP contribution in [0, 0.1) is 5.92 Å². The minimum atomic E-state index is 0.116. The number of alkyl halides is 1. The van der Waals surface area contributed by atoms with Crippen molar-refractivity contribution in [3.05, 3.63) is 0 Å². The zero-order chi connectivity index (χ0) is 10.4. The first kappa shape index (κ1) is 11.8. The van der Waals surface area contributed by atoms with Crippen molar-refractivity contribution in [3.63, 3.8) is 0 Å². The molecule has 0 aromatic carbocycles. The van der Waals surface area contributed by atoms with Crippen LogP contribution < -0.4 is 5.32 Å². The minimum Gasteiger partial charge on any atom is -0.353 e. The average Bonchev–Trinajstić information content (AvgIpc) is 2.19. The van der Waals surface area contributed by atoms with Gasteiger partial charge in [0.25, 0.3) is 0 Å². The maximum atomic E-state index is 11.4. The summed E-state index contributed by atoms with van der Waals surface area (Å²) in [5.74, 6) is 1.23. The normalized spacial score (nSPS) is 27.3. The van der Waals surface area contributed by atoms with Gasteiger partial charge in [0, 0.05) is 18.3 Å². The average molecular weight is 218 g/mol. The third-order valence-corrected chi connectivity index (χ3v) is 3.29. The van der Waals surface area contributed by atoms with E-state index in [1.807, 2.05) is 0 Å². The van der Waals surface area contributed by atoms with Gasteiger partial charge >= 0.3 is 0 Å². The Morgan fingerprint density at radius 2 is 2.14 bits per heavy atom. The van der Waals surface area contributed by atoms with Crippen LogP contribution in [0.1, 0.15) is 45.4 Å². The fourth-order valence-corrected chi connectivity index (χ4v) is 2.42. The van der Waals surface area contributed by atoms with E-state index in [1.165, 1.54) is 25.7 Å². The molecule has 1 amide bonds. The summed E-state index contributed by atoms with van der Waals surface area (Å²) in [5.41, 5.74) is 0. The lowest BCUT2D eigenvalue weighted by Crippen LogP contribution is -2.41. The first-order valence-corrected chi connectivity index (χ1v) is 6.16. The van der Waals surface area contributed by atoms with Gasteiger partial charge in [-0.05, 0) is 18.8 Å². The molecule has 1 aliphatic carbocycles. The lowest BCUT2D eigenvalue weighted by Gasteiger charge is -2.31. The molecule has 2 nitrogen and oxygen atoms in total. The summed E-state index contributed by atoms with van der Waals surface area (Å²) in [6, 6.07) is 0.407. The second-order valence-corrected chi connectivity index (χ2v) is 4.44. The maximum absolute atomic E-state index is 11.4. The van der Waals surface area contributed by atoms with Crippen LogP contribution in [0.5, 0.6) is 0 Å². The summed E-state index contributed by atoms with van der Waals surface area (Å²) in [4.78, 5) is 11.4. The maximum Gasteiger partial charge on any atom is 0.221 e. The van der Waals surface area contributed by atoms with Gasteiger partial charge in [0.2, 0.25) is 5.91 Å². The van der Waals surface area contributed by atoms with Crippen LogP contribution in [0.3, 0.4) is 0 Å². The Morgan fingerprint density at radius 3 is 2.79 bits per heavy atom. The monoisotopic (exact) mass is 217 g/mol. The zero-order valence-electron chi connectivity index (χ0n) is 8.89. The minimum absolute atomic E-state index is 0.116. The van der Waals surface area contributed by atoms with Crippen LogP contribution in [-0.4, -0.2) is 17.8 Å². The Kier molecular flexibility index (Phi) is 5.31. The molecule has 0 aromatic heterocycles. The van der Waals surface area contributed by atoms with Crippen LogP contribution in [0.15, 0.2) is 0 Å². The van der Waals surface area contributed by atoms with Gasteiger partial charge in [-0.1, -0.05) is 26.2 Å². The lowest BCUT2D eigenvalue weighted by molar-refractivity contribution is -0.122. The Balaban J connectivity index is 2.36. The molecule has 0 aliphatic heterocycles. The summed E-state index contributed by atoms with van der Waals surface area (Å²) in [6.07, 6.45) is 6.61. The summed E-state index contributed by atoms with van der Waals surface area (Å²) >= 11 is 5.52. The highest BCUT2D eigenvalue weighted by molar-refractivity contribution is 6.18. The summed E-state index contributed by atoms with van der Waals surface area (Å²) in [6.45, 7) is 2.21. The predicted octanol–water partition coefficient (Wildman–Crippen LogP) is 2.70. The third kappa shape index (κ3) is 3.49. The van der Waals surface area contributed by atoms with Crippen molar-refractivity contribution in [3.8, 4) is 0 Å². The van der Waals surface area contributed by atoms with Gasteiger partial charge in [0.05, 0.1) is 0 Å². The van der Waals surface area contributed by atoms with Crippen molar-refractivity contribution < 1.29 is 4.79 Å². The first-order valence-electron chi connectivity index (χ1n) is 5.63. The quantitative estimate of drug-likeness (QED) is 0.721. The molecule has 3 heteroatoms. The molecule has 2 unspecified atom stereocenters. The largest absolute Gasteiger partial charge is 0.353 e. The SMILES string of the molecule is CCC1CCCCC1NC(=O)CCCl. The summed E-state index contributed by atoms with van der Waals surface area (Å²) < 4.78 is 0. The number of carbonyl (C=O) groups excluding carboxylic acids is 1. The molecule has 0 bridgehead atoms. The van der Waals surface area contributed by atoms with Crippen LogP contribution in [0.25, 0.3) is 0 Å². The molecule has 1 fully saturated rings. The number of carbonyl (C=O) groups is 1. The number of hydrogen-bond donors (Lipinski definition) is 1. The summed E-state index contributed by atoms with van der Waals surface area (Å²) in [7, 11) is 0. The molecule has 0 spiro atoms. The van der Waals surface area contributed by atoms with Crippen LogP contribution in [0.4, 0.5) is 0 Å². The molecular weight excluding hydrogens is 198 g/mol. The van der Waals surface area contributed by atoms with E-state index in [0.717, 1.165) is 6.42 Å². The number of hydrogen-bond acceptors (Lipinski definition) is 1. The van der Waals surface area contributed by atoms with Crippen molar-refractivity contribution in [2.45, 2.75) is 51.5 Å². The molecule has 0 heterocycles. The van der Waals surface area contributed by atoms with E-state index in [1.54, 1.807) is 0 Å². The van der Waals surface area contributed by atoms with Crippen molar-refractivity contribution in [1.82, 2.24) is 5.32 Å². The van der Waals surface area contributed by atoms with E-state index in [9.17, 15) is 4.79 Å². The van der Waals surface area contributed by atoms with Crippen LogP contribution in [0.2, 0.25) is 0 Å². The Labute approximate surface area is 91.4 Å². The highest BCUT2D eigenvalue weighted by Crippen LogP contribution is 2.26. The van der Waals surface area contributed by atoms with E-state index in [2.05, 4.69) is 12.2 Å². The number of amides is 1. The Morgan fingerprint density at radius 1 is 1.43 bits per heavy atom. The van der Waals surface area contributed by atoms with Gasteiger partial charge < -0.3 is 5.32 Å². The smallest absolute Gasteiger partial charge is 0.221 e. The topological polar surface area (TPSA) is 29.1 Å². The van der Waals surface area contributed by atoms with Gasteiger partial charge in [-0.25, -0.2) is 0 Å². The highest BCUT2D eigenvalue weighted by Gasteiger charge is 2.24. The molecule has 0 radical (unpaired) electrons. The van der Waals surface area contributed by atoms with Gasteiger partial charge in [-0.15, -0.1) is 11.6 Å². The standard InChI is InChI=1S/C11H20ClNO/c1-2-9-5-3-4-6-10(9)13-11(14)7-8-12/h9-10H,2-8H2,1H3,(H,13,14). The van der Waals surface area contributed by atoms with E-state index >= 15 is 0 Å². The van der Waals surface area contributed by atoms with Gasteiger partial charge in [-0.2, -0.15) is 0 Å². The molecule has 1 aliphatic rings. The van der Waals surface area contributed by atoms with E-state index < -0.39 is 0 Å². The highest BCUT2D eigenvalue weighted by atomic mass is 35.5. The summed E-state index contributed by atoms with van der Waals surface area (Å²) in [5, 5.41) is 3.10. The number of nitrogens with one attached hydrogen (secondary N) is 1. The molecular formula is C11H20ClNO. The van der Waals surface area contributed by atoms with Gasteiger partial charge in [0.15, 0.2) is 0 Å². The predicted molar refractivity (Wildman–Crippen MR) is 59.5 cm³/mol. The van der Waals surface area contributed by atoms with Crippen molar-refractivity contribution in [2.75, 3.05) is 5.88 Å². The molecule has 0 aromatic rings. The van der Waals surface area contributed by atoms with E-state index in [0.29, 0.717) is 24.3 Å². The molecule has 82 valence electrons. The third-order valence-electron chi connectivity index (χ3n) is 3.10. The fourth-order valence-electron chi connectivity index (χ4n) is 2.25. The Bertz CT molecular complexity index is 184. The second kappa shape index (κ2) is 6.28. The Hall–Kier alpha value is -0.240. The van der Waals surface area contributed by atoms with E-state index in [4.69, 9.17) is 11.6 Å². The molecule has 1 rings (SSSR count). The van der Waals surface area contributed by atoms with Crippen molar-refractivity contribution >= 4 is 17.5 Å². The first-order chi connectivity index (χ1) is 6.77. The van der Waals surface area contributed by atoms with Crippen LogP contribution in [-0.2, 0) is 4.79 Å². The fraction of sp³-hybridized carbons (Fsp3) is 0.909. The number of halogens is 1. The van der Waals surface area contributed by atoms with Gasteiger partial charge in [0.1, 0.15) is 0 Å². The molecule has 1 saturated carbocycles. The van der Waals surface area contributed by atoms with Gasteiger partial charge in [-0.3, -0.25) is 4.79 Å². The molecule has 1 N–H and O–H groups in total. The van der Waals surface area contributed by atoms with Crippen molar-refractivity contribution in [2.24, 2.45) is 5.92 Å². The second-order valence-electron chi connectivity index (χ2n) is 4.07. The van der Waals surface area contributed by atoms with E-state index in [-0.39, 0.29) is 5.91 Å². The van der Waals surface area contributed by atoms with Crippen molar-refractivity contribution in [1.29, 1.82) is 0 Å².